The van der Waals surface area contributed by atoms with Crippen molar-refractivity contribution in [2.24, 2.45) is 5.92 Å². The van der Waals surface area contributed by atoms with Gasteiger partial charge in [0.05, 0.1) is 6.10 Å². The monoisotopic (exact) mass is 215 g/mol. The number of methoxy groups -OCH3 is 1. The number of ether oxygens (including phenoxy) is 1. The second-order valence-corrected chi connectivity index (χ2v) is 3.94. The third-order valence-corrected chi connectivity index (χ3v) is 2.83. The van der Waals surface area contributed by atoms with E-state index in [0.717, 1.165) is 19.3 Å². The molecule has 3 atom stereocenters. The van der Waals surface area contributed by atoms with Crippen LogP contribution in [0.5, 0.6) is 0 Å². The molecule has 3 unspecified atom stereocenters. The number of nitrogens with one attached hydrogen (secondary N) is 1. The average Bonchev–Trinajstić information content (AvgIpc) is 2.64. The molecule has 1 aliphatic carbocycles. The van der Waals surface area contributed by atoms with E-state index in [1.807, 2.05) is 0 Å². The van der Waals surface area contributed by atoms with E-state index in [0.29, 0.717) is 0 Å². The number of aliphatic carboxylic acids is 1. The molecule has 86 valence electrons. The van der Waals surface area contributed by atoms with Crippen molar-refractivity contribution < 1.29 is 19.4 Å². The molecule has 0 spiro atoms. The number of carbonyl (C=O) groups excluding carboxylic acids is 1. The van der Waals surface area contributed by atoms with E-state index in [1.54, 1.807) is 7.11 Å². The van der Waals surface area contributed by atoms with Gasteiger partial charge in [-0.15, -0.1) is 0 Å². The fraction of sp³-hybridized carbons (Fsp3) is 0.800. The predicted molar refractivity (Wildman–Crippen MR) is 53.4 cm³/mol. The van der Waals surface area contributed by atoms with Crippen molar-refractivity contribution >= 4 is 11.9 Å². The van der Waals surface area contributed by atoms with E-state index < -0.39 is 17.8 Å². The summed E-state index contributed by atoms with van der Waals surface area (Å²) in [6, 6.07) is 0.0595. The van der Waals surface area contributed by atoms with Gasteiger partial charge in [-0.1, -0.05) is 0 Å². The molecular weight excluding hydrogens is 198 g/mol. The number of carboxylic acids is 1. The molecule has 1 amide bonds. The third-order valence-electron chi connectivity index (χ3n) is 2.83. The minimum atomic E-state index is -1.09. The van der Waals surface area contributed by atoms with Gasteiger partial charge in [-0.2, -0.15) is 0 Å². The SMILES string of the molecule is COC1CCC(NC(=O)C(C)C(=O)O)C1. The zero-order valence-corrected chi connectivity index (χ0v) is 9.03. The summed E-state index contributed by atoms with van der Waals surface area (Å²) in [4.78, 5) is 22.0. The summed E-state index contributed by atoms with van der Waals surface area (Å²) in [5.41, 5.74) is 0. The molecule has 1 aliphatic rings. The van der Waals surface area contributed by atoms with Crippen LogP contribution in [0.4, 0.5) is 0 Å². The van der Waals surface area contributed by atoms with Gasteiger partial charge in [0, 0.05) is 13.2 Å². The summed E-state index contributed by atoms with van der Waals surface area (Å²) in [7, 11) is 1.65. The molecule has 0 bridgehead atoms. The van der Waals surface area contributed by atoms with Crippen molar-refractivity contribution in [1.29, 1.82) is 0 Å². The molecule has 0 aromatic carbocycles. The molecule has 2 N–H and O–H groups in total. The topological polar surface area (TPSA) is 75.6 Å². The first-order valence-corrected chi connectivity index (χ1v) is 5.10. The summed E-state index contributed by atoms with van der Waals surface area (Å²) < 4.78 is 5.16. The van der Waals surface area contributed by atoms with Gasteiger partial charge in [-0.05, 0) is 26.2 Å². The van der Waals surface area contributed by atoms with Gasteiger partial charge < -0.3 is 15.2 Å². The van der Waals surface area contributed by atoms with Crippen molar-refractivity contribution in [1.82, 2.24) is 5.32 Å². The Morgan fingerprint density at radius 1 is 1.47 bits per heavy atom. The van der Waals surface area contributed by atoms with Crippen LogP contribution in [0.25, 0.3) is 0 Å². The first kappa shape index (κ1) is 12.0. The van der Waals surface area contributed by atoms with Gasteiger partial charge in [-0.3, -0.25) is 9.59 Å². The van der Waals surface area contributed by atoms with E-state index in [1.165, 1.54) is 6.92 Å². The van der Waals surface area contributed by atoms with Crippen LogP contribution in [0, 0.1) is 5.92 Å². The molecule has 5 heteroatoms. The van der Waals surface area contributed by atoms with E-state index in [9.17, 15) is 9.59 Å². The summed E-state index contributed by atoms with van der Waals surface area (Å²) in [6.45, 7) is 1.39. The van der Waals surface area contributed by atoms with Crippen LogP contribution >= 0.6 is 0 Å². The fourth-order valence-electron chi connectivity index (χ4n) is 1.72. The predicted octanol–water partition coefficient (Wildman–Crippen LogP) is 0.391. The molecule has 1 saturated carbocycles. The lowest BCUT2D eigenvalue weighted by Gasteiger charge is -2.14. The number of hydrogen-bond acceptors (Lipinski definition) is 3. The molecule has 1 fully saturated rings. The van der Waals surface area contributed by atoms with Crippen LogP contribution in [0.1, 0.15) is 26.2 Å². The van der Waals surface area contributed by atoms with E-state index in [2.05, 4.69) is 5.32 Å². The van der Waals surface area contributed by atoms with E-state index >= 15 is 0 Å². The number of rotatable bonds is 4. The molecule has 0 radical (unpaired) electrons. The normalized spacial score (nSPS) is 27.3. The maximum absolute atomic E-state index is 11.4. The van der Waals surface area contributed by atoms with Gasteiger partial charge in [-0.25, -0.2) is 0 Å². The van der Waals surface area contributed by atoms with Crippen LogP contribution < -0.4 is 5.32 Å². The Balaban J connectivity index is 2.36. The van der Waals surface area contributed by atoms with Gasteiger partial charge in [0.25, 0.3) is 0 Å². The van der Waals surface area contributed by atoms with Gasteiger partial charge >= 0.3 is 5.97 Å². The van der Waals surface area contributed by atoms with Crippen LogP contribution in [-0.2, 0) is 14.3 Å². The van der Waals surface area contributed by atoms with Crippen LogP contribution in [0.2, 0.25) is 0 Å². The Hall–Kier alpha value is -1.10. The highest BCUT2D eigenvalue weighted by Crippen LogP contribution is 2.21. The standard InChI is InChI=1S/C10H17NO4/c1-6(10(13)14)9(12)11-7-3-4-8(5-7)15-2/h6-8H,3-5H2,1-2H3,(H,11,12)(H,13,14). The third kappa shape index (κ3) is 3.20. The molecule has 0 aliphatic heterocycles. The second kappa shape index (κ2) is 5.11. The van der Waals surface area contributed by atoms with Crippen LogP contribution in [0.3, 0.4) is 0 Å². The molecular formula is C10H17NO4. The zero-order valence-electron chi connectivity index (χ0n) is 9.03. The molecule has 0 aromatic heterocycles. The largest absolute Gasteiger partial charge is 0.481 e. The second-order valence-electron chi connectivity index (χ2n) is 3.94. The van der Waals surface area contributed by atoms with Crippen molar-refractivity contribution in [2.75, 3.05) is 7.11 Å². The zero-order chi connectivity index (χ0) is 11.4. The molecule has 1 rings (SSSR count). The Bertz CT molecular complexity index is 254. The Morgan fingerprint density at radius 2 is 2.13 bits per heavy atom. The number of amides is 1. The number of carbonyl (C=O) groups is 2. The van der Waals surface area contributed by atoms with E-state index in [-0.39, 0.29) is 12.1 Å². The van der Waals surface area contributed by atoms with Crippen LogP contribution in [0.15, 0.2) is 0 Å². The van der Waals surface area contributed by atoms with Crippen molar-refractivity contribution in [3.8, 4) is 0 Å². The molecule has 0 aromatic rings. The average molecular weight is 215 g/mol. The maximum atomic E-state index is 11.4. The number of carboxylic acid groups (broad SMARTS) is 1. The Morgan fingerprint density at radius 3 is 2.60 bits per heavy atom. The first-order valence-electron chi connectivity index (χ1n) is 5.10. The lowest BCUT2D eigenvalue weighted by atomic mass is 10.1. The van der Waals surface area contributed by atoms with Crippen molar-refractivity contribution in [3.63, 3.8) is 0 Å². The molecule has 0 saturated heterocycles. The van der Waals surface area contributed by atoms with Crippen molar-refractivity contribution in [3.05, 3.63) is 0 Å². The quantitative estimate of drug-likeness (QED) is 0.665. The maximum Gasteiger partial charge on any atom is 0.315 e. The van der Waals surface area contributed by atoms with Gasteiger partial charge in [0.15, 0.2) is 0 Å². The smallest absolute Gasteiger partial charge is 0.315 e. The highest BCUT2D eigenvalue weighted by Gasteiger charge is 2.28. The fourth-order valence-corrected chi connectivity index (χ4v) is 1.72. The molecule has 5 nitrogen and oxygen atoms in total. The summed E-state index contributed by atoms with van der Waals surface area (Å²) in [5.74, 6) is -2.48. The highest BCUT2D eigenvalue weighted by atomic mass is 16.5. The Kier molecular flexibility index (Phi) is 4.08. The lowest BCUT2D eigenvalue weighted by Crippen LogP contribution is -2.39. The number of hydrogen-bond donors (Lipinski definition) is 2. The minimum absolute atomic E-state index is 0.0595. The molecule has 0 heterocycles. The van der Waals surface area contributed by atoms with Gasteiger partial charge in [0.2, 0.25) is 5.91 Å². The minimum Gasteiger partial charge on any atom is -0.481 e. The van der Waals surface area contributed by atoms with Crippen LogP contribution in [-0.4, -0.2) is 36.2 Å². The van der Waals surface area contributed by atoms with Gasteiger partial charge in [0.1, 0.15) is 5.92 Å². The summed E-state index contributed by atoms with van der Waals surface area (Å²) in [5, 5.41) is 11.4. The Labute approximate surface area is 88.8 Å². The molecule has 15 heavy (non-hydrogen) atoms. The highest BCUT2D eigenvalue weighted by molar-refractivity contribution is 5.96. The van der Waals surface area contributed by atoms with E-state index in [4.69, 9.17) is 9.84 Å². The summed E-state index contributed by atoms with van der Waals surface area (Å²) in [6.07, 6.45) is 2.74. The van der Waals surface area contributed by atoms with Crippen molar-refractivity contribution in [2.45, 2.75) is 38.3 Å². The first-order chi connectivity index (χ1) is 7.04. The summed E-state index contributed by atoms with van der Waals surface area (Å²) >= 11 is 0. The lowest BCUT2D eigenvalue weighted by molar-refractivity contribution is -0.146.